The van der Waals surface area contributed by atoms with Crippen LogP contribution in [0.4, 0.5) is 0 Å². The molecule has 1 heterocycles. The lowest BCUT2D eigenvalue weighted by molar-refractivity contribution is 0.104. The number of hydrogen-bond donors (Lipinski definition) is 2. The molecule has 2 rings (SSSR count). The van der Waals surface area contributed by atoms with Gasteiger partial charge in [-0.15, -0.1) is 0 Å². The molecule has 0 radical (unpaired) electrons. The molecule has 3 heteroatoms. The molecule has 17 heavy (non-hydrogen) atoms. The lowest BCUT2D eigenvalue weighted by Gasteiger charge is -2.09. The molecular weight excluding hydrogens is 214 g/mol. The van der Waals surface area contributed by atoms with Crippen molar-refractivity contribution in [1.82, 2.24) is 5.48 Å². The van der Waals surface area contributed by atoms with E-state index in [-0.39, 0.29) is 0 Å². The largest absolute Gasteiger partial charge is 0.378 e. The monoisotopic (exact) mass is 235 g/mol. The minimum absolute atomic E-state index is 0.480. The Kier molecular flexibility index (Phi) is 4.98. The zero-order chi connectivity index (χ0) is 11.9. The van der Waals surface area contributed by atoms with E-state index in [0.717, 1.165) is 25.9 Å². The van der Waals surface area contributed by atoms with E-state index in [4.69, 9.17) is 9.94 Å². The van der Waals surface area contributed by atoms with Gasteiger partial charge < -0.3 is 9.94 Å². The highest BCUT2D eigenvalue weighted by Crippen LogP contribution is 2.18. The van der Waals surface area contributed by atoms with Crippen molar-refractivity contribution in [3.05, 3.63) is 35.4 Å². The predicted molar refractivity (Wildman–Crippen MR) is 67.2 cm³/mol. The van der Waals surface area contributed by atoms with Crippen LogP contribution in [0.1, 0.15) is 30.4 Å². The van der Waals surface area contributed by atoms with Gasteiger partial charge in [-0.1, -0.05) is 24.3 Å². The van der Waals surface area contributed by atoms with Gasteiger partial charge in [-0.25, -0.2) is 5.48 Å². The van der Waals surface area contributed by atoms with E-state index in [9.17, 15) is 0 Å². The molecule has 94 valence electrons. The molecule has 0 aromatic heterocycles. The van der Waals surface area contributed by atoms with Crippen LogP contribution < -0.4 is 5.48 Å². The lowest BCUT2D eigenvalue weighted by Crippen LogP contribution is -2.11. The first-order valence-electron chi connectivity index (χ1n) is 6.45. The summed E-state index contributed by atoms with van der Waals surface area (Å²) in [6, 6.07) is 8.65. The highest BCUT2D eigenvalue weighted by molar-refractivity contribution is 5.22. The number of rotatable bonds is 6. The van der Waals surface area contributed by atoms with Gasteiger partial charge in [0.05, 0.1) is 6.10 Å². The second-order valence-electron chi connectivity index (χ2n) is 4.65. The minimum atomic E-state index is 0.480. The molecule has 1 atom stereocenters. The van der Waals surface area contributed by atoms with Gasteiger partial charge in [0.1, 0.15) is 0 Å². The topological polar surface area (TPSA) is 41.5 Å². The van der Waals surface area contributed by atoms with Crippen molar-refractivity contribution in [3.63, 3.8) is 0 Å². The summed E-state index contributed by atoms with van der Waals surface area (Å²) >= 11 is 0. The van der Waals surface area contributed by atoms with Crippen LogP contribution in [-0.2, 0) is 17.6 Å². The molecule has 0 amide bonds. The molecule has 1 fully saturated rings. The van der Waals surface area contributed by atoms with Crippen LogP contribution in [0.25, 0.3) is 0 Å². The molecule has 1 saturated heterocycles. The summed E-state index contributed by atoms with van der Waals surface area (Å²) in [6.45, 7) is 1.55. The van der Waals surface area contributed by atoms with Crippen LogP contribution in [0.15, 0.2) is 24.3 Å². The molecule has 1 aliphatic heterocycles. The Morgan fingerprint density at radius 1 is 1.18 bits per heavy atom. The number of aryl methyl sites for hydroxylation is 1. The first-order chi connectivity index (χ1) is 8.38. The van der Waals surface area contributed by atoms with Crippen molar-refractivity contribution in [2.75, 3.05) is 13.2 Å². The fraction of sp³-hybridized carbons (Fsp3) is 0.571. The van der Waals surface area contributed by atoms with E-state index in [2.05, 4.69) is 29.7 Å². The van der Waals surface area contributed by atoms with Crippen LogP contribution >= 0.6 is 0 Å². The molecule has 1 aromatic carbocycles. The van der Waals surface area contributed by atoms with Crippen LogP contribution in [0.5, 0.6) is 0 Å². The minimum Gasteiger partial charge on any atom is -0.378 e. The normalized spacial score (nSPS) is 19.7. The summed E-state index contributed by atoms with van der Waals surface area (Å²) < 4.78 is 5.62. The van der Waals surface area contributed by atoms with E-state index in [1.54, 1.807) is 0 Å². The molecule has 1 aromatic rings. The van der Waals surface area contributed by atoms with Crippen molar-refractivity contribution >= 4 is 0 Å². The third-order valence-electron chi connectivity index (χ3n) is 3.33. The van der Waals surface area contributed by atoms with Crippen LogP contribution in [0.2, 0.25) is 0 Å². The van der Waals surface area contributed by atoms with Crippen molar-refractivity contribution in [2.24, 2.45) is 0 Å². The first-order valence-corrected chi connectivity index (χ1v) is 6.45. The van der Waals surface area contributed by atoms with E-state index in [1.165, 1.54) is 24.0 Å². The molecule has 0 bridgehead atoms. The highest BCUT2D eigenvalue weighted by Gasteiger charge is 2.14. The van der Waals surface area contributed by atoms with Crippen LogP contribution in [0, 0.1) is 0 Å². The number of ether oxygens (including phenoxy) is 1. The standard InChI is InChI=1S/C14H21NO2/c16-15-10-9-13-5-3-12(4-6-13)7-8-14-2-1-11-17-14/h3-6,14-16H,1-2,7-11H2. The zero-order valence-corrected chi connectivity index (χ0v) is 10.2. The predicted octanol–water partition coefficient (Wildman–Crippen LogP) is 2.32. The highest BCUT2D eigenvalue weighted by atomic mass is 16.5. The molecule has 2 N–H and O–H groups in total. The second-order valence-corrected chi connectivity index (χ2v) is 4.65. The van der Waals surface area contributed by atoms with Gasteiger partial charge in [-0.2, -0.15) is 0 Å². The quantitative estimate of drug-likeness (QED) is 0.743. The van der Waals surface area contributed by atoms with Crippen molar-refractivity contribution in [3.8, 4) is 0 Å². The van der Waals surface area contributed by atoms with Gasteiger partial charge >= 0.3 is 0 Å². The maximum absolute atomic E-state index is 8.52. The Morgan fingerprint density at radius 2 is 1.88 bits per heavy atom. The molecule has 0 aliphatic carbocycles. The fourth-order valence-electron chi connectivity index (χ4n) is 2.27. The Labute approximate surface area is 103 Å². The summed E-state index contributed by atoms with van der Waals surface area (Å²) in [7, 11) is 0. The maximum atomic E-state index is 8.52. The molecule has 1 aliphatic rings. The summed E-state index contributed by atoms with van der Waals surface area (Å²) in [5, 5.41) is 8.52. The van der Waals surface area contributed by atoms with Crippen molar-refractivity contribution in [1.29, 1.82) is 0 Å². The Bertz CT molecular complexity index is 317. The Hall–Kier alpha value is -0.900. The molecule has 0 spiro atoms. The summed E-state index contributed by atoms with van der Waals surface area (Å²) in [4.78, 5) is 0. The summed E-state index contributed by atoms with van der Waals surface area (Å²) in [5.74, 6) is 0. The van der Waals surface area contributed by atoms with Gasteiger partial charge in [-0.3, -0.25) is 0 Å². The van der Waals surface area contributed by atoms with Gasteiger partial charge in [-0.05, 0) is 43.2 Å². The van der Waals surface area contributed by atoms with E-state index in [0.29, 0.717) is 12.6 Å². The average molecular weight is 235 g/mol. The van der Waals surface area contributed by atoms with Crippen molar-refractivity contribution < 1.29 is 9.94 Å². The van der Waals surface area contributed by atoms with Gasteiger partial charge in [0.25, 0.3) is 0 Å². The van der Waals surface area contributed by atoms with Gasteiger partial charge in [0, 0.05) is 13.2 Å². The molecule has 3 nitrogen and oxygen atoms in total. The van der Waals surface area contributed by atoms with Gasteiger partial charge in [0.2, 0.25) is 0 Å². The third kappa shape index (κ3) is 4.11. The van der Waals surface area contributed by atoms with Crippen LogP contribution in [-0.4, -0.2) is 24.5 Å². The molecule has 0 saturated carbocycles. The number of hydroxylamine groups is 1. The lowest BCUT2D eigenvalue weighted by atomic mass is 10.0. The number of benzene rings is 1. The van der Waals surface area contributed by atoms with E-state index < -0.39 is 0 Å². The first kappa shape index (κ1) is 12.6. The van der Waals surface area contributed by atoms with E-state index >= 15 is 0 Å². The zero-order valence-electron chi connectivity index (χ0n) is 10.2. The van der Waals surface area contributed by atoms with Crippen LogP contribution in [0.3, 0.4) is 0 Å². The number of nitrogens with one attached hydrogen (secondary N) is 1. The Balaban J connectivity index is 1.76. The van der Waals surface area contributed by atoms with E-state index in [1.807, 2.05) is 0 Å². The van der Waals surface area contributed by atoms with Gasteiger partial charge in [0.15, 0.2) is 0 Å². The SMILES string of the molecule is ONCCc1ccc(CCC2CCCO2)cc1. The third-order valence-corrected chi connectivity index (χ3v) is 3.33. The fourth-order valence-corrected chi connectivity index (χ4v) is 2.27. The maximum Gasteiger partial charge on any atom is 0.0579 e. The second kappa shape index (κ2) is 6.74. The summed E-state index contributed by atoms with van der Waals surface area (Å²) in [6.07, 6.45) is 6.02. The Morgan fingerprint density at radius 3 is 2.47 bits per heavy atom. The molecule has 1 unspecified atom stereocenters. The smallest absolute Gasteiger partial charge is 0.0579 e. The van der Waals surface area contributed by atoms with Crippen molar-refractivity contribution in [2.45, 2.75) is 38.2 Å². The summed E-state index contributed by atoms with van der Waals surface area (Å²) in [5.41, 5.74) is 4.81. The number of hydrogen-bond acceptors (Lipinski definition) is 3. The average Bonchev–Trinajstić information content (AvgIpc) is 2.88. The molecular formula is C14H21NO2.